The van der Waals surface area contributed by atoms with Gasteiger partial charge in [0, 0.05) is 13.2 Å². The summed E-state index contributed by atoms with van der Waals surface area (Å²) in [4.78, 5) is 0. The van der Waals surface area contributed by atoms with Crippen LogP contribution in [-0.4, -0.2) is 29.0 Å². The van der Waals surface area contributed by atoms with Crippen molar-refractivity contribution in [3.05, 3.63) is 0 Å². The number of hydrogen-bond acceptors (Lipinski definition) is 3. The number of unbranched alkanes of at least 4 members (excludes halogenated alkanes) is 15. The third-order valence-corrected chi connectivity index (χ3v) is 4.51. The maximum atomic E-state index is 8.70. The summed E-state index contributed by atoms with van der Waals surface area (Å²) in [7, 11) is 0. The highest BCUT2D eigenvalue weighted by molar-refractivity contribution is 4.63. The van der Waals surface area contributed by atoms with Crippen LogP contribution in [-0.2, 0) is 0 Å². The Bertz CT molecular complexity index is 211. The molecular formula is C22H49NO2. The van der Waals surface area contributed by atoms with E-state index in [9.17, 15) is 0 Å². The predicted octanol–water partition coefficient (Wildman–Crippen LogP) is 5.96. The SMILES string of the molecule is CC(C)(O)CN.CCCCCCCCCCCCCCCCCCO. The van der Waals surface area contributed by atoms with Gasteiger partial charge in [-0.1, -0.05) is 103 Å². The molecule has 0 aliphatic heterocycles. The molecule has 0 saturated carbocycles. The third-order valence-electron chi connectivity index (χ3n) is 4.51. The topological polar surface area (TPSA) is 66.5 Å². The number of rotatable bonds is 17. The lowest BCUT2D eigenvalue weighted by atomic mass is 10.0. The first-order valence-corrected chi connectivity index (χ1v) is 11.0. The molecule has 0 atom stereocenters. The van der Waals surface area contributed by atoms with Gasteiger partial charge in [0.2, 0.25) is 0 Å². The number of hydrogen-bond donors (Lipinski definition) is 3. The van der Waals surface area contributed by atoms with E-state index in [0.29, 0.717) is 13.2 Å². The van der Waals surface area contributed by atoms with E-state index in [-0.39, 0.29) is 0 Å². The van der Waals surface area contributed by atoms with E-state index in [0.717, 1.165) is 6.42 Å². The zero-order valence-corrected chi connectivity index (χ0v) is 17.7. The molecule has 0 heterocycles. The lowest BCUT2D eigenvalue weighted by Gasteiger charge is -2.11. The van der Waals surface area contributed by atoms with E-state index >= 15 is 0 Å². The van der Waals surface area contributed by atoms with Crippen molar-refractivity contribution in [1.82, 2.24) is 0 Å². The van der Waals surface area contributed by atoms with Gasteiger partial charge in [-0.05, 0) is 20.3 Å². The molecule has 3 heteroatoms. The van der Waals surface area contributed by atoms with Gasteiger partial charge in [0.05, 0.1) is 5.60 Å². The average Bonchev–Trinajstić information content (AvgIpc) is 2.58. The molecule has 3 nitrogen and oxygen atoms in total. The summed E-state index contributed by atoms with van der Waals surface area (Å²) in [6.45, 7) is 6.33. The third kappa shape index (κ3) is 32.1. The van der Waals surface area contributed by atoms with Crippen LogP contribution < -0.4 is 5.73 Å². The van der Waals surface area contributed by atoms with Crippen molar-refractivity contribution < 1.29 is 10.2 Å². The standard InChI is InChI=1S/C18H38O.C4H11NO/c1-2-3-4-5-6-7-8-9-10-11-12-13-14-15-16-17-18-19;1-4(2,6)3-5/h19H,2-18H2,1H3;6H,3,5H2,1-2H3. The summed E-state index contributed by atoms with van der Waals surface area (Å²) in [5.41, 5.74) is 4.38. The summed E-state index contributed by atoms with van der Waals surface area (Å²) in [6.07, 6.45) is 22.2. The van der Waals surface area contributed by atoms with Crippen LogP contribution in [0.4, 0.5) is 0 Å². The van der Waals surface area contributed by atoms with Gasteiger partial charge in [-0.25, -0.2) is 0 Å². The van der Waals surface area contributed by atoms with Crippen LogP contribution in [0.2, 0.25) is 0 Å². The summed E-state index contributed by atoms with van der Waals surface area (Å²) in [5.74, 6) is 0. The van der Waals surface area contributed by atoms with Crippen molar-refractivity contribution in [3.8, 4) is 0 Å². The second-order valence-corrected chi connectivity index (χ2v) is 8.04. The number of aliphatic hydroxyl groups is 2. The molecule has 25 heavy (non-hydrogen) atoms. The molecule has 0 aliphatic rings. The van der Waals surface area contributed by atoms with Crippen LogP contribution in [0.15, 0.2) is 0 Å². The number of aliphatic hydroxyl groups excluding tert-OH is 1. The Hall–Kier alpha value is -0.120. The number of nitrogens with two attached hydrogens (primary N) is 1. The van der Waals surface area contributed by atoms with Crippen molar-refractivity contribution in [2.75, 3.05) is 13.2 Å². The quantitative estimate of drug-likeness (QED) is 0.281. The van der Waals surface area contributed by atoms with Gasteiger partial charge in [0.25, 0.3) is 0 Å². The Morgan fingerprint density at radius 3 is 1.04 bits per heavy atom. The van der Waals surface area contributed by atoms with E-state index < -0.39 is 5.60 Å². The fourth-order valence-electron chi connectivity index (χ4n) is 2.66. The fourth-order valence-corrected chi connectivity index (χ4v) is 2.66. The molecule has 0 aromatic carbocycles. The molecule has 154 valence electrons. The molecular weight excluding hydrogens is 310 g/mol. The summed E-state index contributed by atoms with van der Waals surface area (Å²) >= 11 is 0. The first kappa shape index (κ1) is 27.1. The molecule has 0 amide bonds. The molecule has 4 N–H and O–H groups in total. The molecule has 0 aromatic rings. The van der Waals surface area contributed by atoms with Gasteiger partial charge in [0.15, 0.2) is 0 Å². The Kier molecular flexibility index (Phi) is 23.8. The molecule has 0 saturated heterocycles. The van der Waals surface area contributed by atoms with Gasteiger partial charge in [0.1, 0.15) is 0 Å². The first-order valence-electron chi connectivity index (χ1n) is 11.0. The minimum absolute atomic E-state index is 0.326. The van der Waals surface area contributed by atoms with Crippen molar-refractivity contribution in [2.24, 2.45) is 5.73 Å². The van der Waals surface area contributed by atoms with Crippen LogP contribution in [0.25, 0.3) is 0 Å². The van der Waals surface area contributed by atoms with Gasteiger partial charge >= 0.3 is 0 Å². The van der Waals surface area contributed by atoms with Gasteiger partial charge in [-0.2, -0.15) is 0 Å². The molecule has 0 unspecified atom stereocenters. The van der Waals surface area contributed by atoms with Crippen LogP contribution in [0.1, 0.15) is 124 Å². The molecule has 0 spiro atoms. The van der Waals surface area contributed by atoms with Crippen molar-refractivity contribution in [1.29, 1.82) is 0 Å². The summed E-state index contributed by atoms with van der Waals surface area (Å²) in [5, 5.41) is 17.4. The normalized spacial score (nSPS) is 11.3. The minimum atomic E-state index is -0.681. The molecule has 0 aromatic heterocycles. The van der Waals surface area contributed by atoms with Crippen LogP contribution in [0, 0.1) is 0 Å². The molecule has 0 bridgehead atoms. The van der Waals surface area contributed by atoms with E-state index in [1.807, 2.05) is 0 Å². The Balaban J connectivity index is 0. The highest BCUT2D eigenvalue weighted by atomic mass is 16.3. The zero-order valence-electron chi connectivity index (χ0n) is 17.7. The highest BCUT2D eigenvalue weighted by Gasteiger charge is 2.06. The van der Waals surface area contributed by atoms with E-state index in [4.69, 9.17) is 15.9 Å². The van der Waals surface area contributed by atoms with Crippen molar-refractivity contribution >= 4 is 0 Å². The van der Waals surface area contributed by atoms with Gasteiger partial charge < -0.3 is 15.9 Å². The van der Waals surface area contributed by atoms with Crippen LogP contribution in [0.3, 0.4) is 0 Å². The van der Waals surface area contributed by atoms with Gasteiger partial charge in [-0.3, -0.25) is 0 Å². The Labute approximate surface area is 158 Å². The van der Waals surface area contributed by atoms with Crippen molar-refractivity contribution in [2.45, 2.75) is 129 Å². The maximum Gasteiger partial charge on any atom is 0.0713 e. The Morgan fingerprint density at radius 1 is 0.600 bits per heavy atom. The molecule has 0 rings (SSSR count). The lowest BCUT2D eigenvalue weighted by molar-refractivity contribution is 0.0898. The fraction of sp³-hybridized carbons (Fsp3) is 1.00. The minimum Gasteiger partial charge on any atom is -0.396 e. The van der Waals surface area contributed by atoms with Crippen LogP contribution >= 0.6 is 0 Å². The molecule has 0 aliphatic carbocycles. The van der Waals surface area contributed by atoms with E-state index in [2.05, 4.69) is 6.92 Å². The maximum absolute atomic E-state index is 8.70. The second kappa shape index (κ2) is 21.9. The highest BCUT2D eigenvalue weighted by Crippen LogP contribution is 2.13. The van der Waals surface area contributed by atoms with Crippen molar-refractivity contribution in [3.63, 3.8) is 0 Å². The summed E-state index contributed by atoms with van der Waals surface area (Å²) < 4.78 is 0. The monoisotopic (exact) mass is 359 g/mol. The molecule has 0 radical (unpaired) electrons. The Morgan fingerprint density at radius 2 is 0.840 bits per heavy atom. The zero-order chi connectivity index (χ0) is 19.2. The first-order chi connectivity index (χ1) is 12.0. The predicted molar refractivity (Wildman–Crippen MR) is 112 cm³/mol. The summed E-state index contributed by atoms with van der Waals surface area (Å²) in [6, 6.07) is 0. The van der Waals surface area contributed by atoms with Gasteiger partial charge in [-0.15, -0.1) is 0 Å². The smallest absolute Gasteiger partial charge is 0.0713 e. The molecule has 0 fully saturated rings. The second-order valence-electron chi connectivity index (χ2n) is 8.04. The lowest BCUT2D eigenvalue weighted by Crippen LogP contribution is -2.29. The van der Waals surface area contributed by atoms with E-state index in [1.54, 1.807) is 13.8 Å². The van der Waals surface area contributed by atoms with Crippen LogP contribution in [0.5, 0.6) is 0 Å². The van der Waals surface area contributed by atoms with E-state index in [1.165, 1.54) is 96.3 Å². The largest absolute Gasteiger partial charge is 0.396 e. The average molecular weight is 360 g/mol.